The van der Waals surface area contributed by atoms with Crippen LogP contribution in [0, 0.1) is 11.7 Å². The Morgan fingerprint density at radius 1 is 1.00 bits per heavy atom. The quantitative estimate of drug-likeness (QED) is 0.524. The van der Waals surface area contributed by atoms with Crippen molar-refractivity contribution in [3.05, 3.63) is 99.3 Å². The molecule has 0 spiro atoms. The van der Waals surface area contributed by atoms with E-state index in [0.717, 1.165) is 25.7 Å². The molecule has 4 nitrogen and oxygen atoms in total. The molecule has 0 saturated heterocycles. The van der Waals surface area contributed by atoms with Crippen molar-refractivity contribution in [2.45, 2.75) is 31.7 Å². The Labute approximate surface area is 190 Å². The Kier molecular flexibility index (Phi) is 5.43. The van der Waals surface area contributed by atoms with Gasteiger partial charge in [-0.25, -0.2) is 4.39 Å². The van der Waals surface area contributed by atoms with Crippen molar-refractivity contribution >= 4 is 29.1 Å². The van der Waals surface area contributed by atoms with Gasteiger partial charge in [0.1, 0.15) is 5.82 Å². The van der Waals surface area contributed by atoms with Crippen LogP contribution in [0.15, 0.2) is 60.7 Å². The molecule has 2 amide bonds. The molecule has 162 valence electrons. The number of halogens is 2. The van der Waals surface area contributed by atoms with Crippen LogP contribution in [0.1, 0.15) is 51.5 Å². The van der Waals surface area contributed by atoms with Gasteiger partial charge in [0.25, 0.3) is 5.91 Å². The summed E-state index contributed by atoms with van der Waals surface area (Å²) in [7, 11) is 0. The lowest BCUT2D eigenvalue weighted by Crippen LogP contribution is -2.25. The minimum atomic E-state index is -0.629. The molecule has 0 aromatic heterocycles. The van der Waals surface area contributed by atoms with Gasteiger partial charge in [-0.15, -0.1) is 0 Å². The molecule has 0 radical (unpaired) electrons. The molecule has 1 heterocycles. The van der Waals surface area contributed by atoms with E-state index in [9.17, 15) is 14.0 Å². The molecule has 3 aromatic rings. The van der Waals surface area contributed by atoms with Crippen molar-refractivity contribution in [1.82, 2.24) is 5.32 Å². The monoisotopic (exact) mass is 448 g/mol. The maximum absolute atomic E-state index is 13.9. The Balaban J connectivity index is 1.43. The van der Waals surface area contributed by atoms with E-state index in [2.05, 4.69) is 22.8 Å². The highest BCUT2D eigenvalue weighted by molar-refractivity contribution is 6.31. The average molecular weight is 449 g/mol. The standard InChI is InChI=1S/C26H22ClFN2O2/c27-21-13-12-18(28)14-20(21)24-23-19(26(32)30-24)6-3-7-22(23)29-25(31)17-10-8-15-4-1-2-5-16(15)9-11-17/h1-7,12-14,17,24H,8-11H2,(H,29,31)(H,30,32). The zero-order valence-electron chi connectivity index (χ0n) is 17.3. The van der Waals surface area contributed by atoms with Gasteiger partial charge in [-0.3, -0.25) is 9.59 Å². The SMILES string of the molecule is O=C1NC(c2cc(F)ccc2Cl)c2c(NC(=O)C3CCc4ccccc4CC3)cccc21. The molecule has 2 aliphatic rings. The summed E-state index contributed by atoms with van der Waals surface area (Å²) < 4.78 is 13.9. The summed E-state index contributed by atoms with van der Waals surface area (Å²) in [5, 5.41) is 6.28. The number of hydrogen-bond acceptors (Lipinski definition) is 2. The van der Waals surface area contributed by atoms with Crippen molar-refractivity contribution in [1.29, 1.82) is 0 Å². The van der Waals surface area contributed by atoms with Crippen LogP contribution >= 0.6 is 11.6 Å². The topological polar surface area (TPSA) is 58.2 Å². The predicted octanol–water partition coefficient (Wildman–Crippen LogP) is 5.45. The van der Waals surface area contributed by atoms with Crippen LogP contribution in [0.3, 0.4) is 0 Å². The second kappa shape index (κ2) is 8.40. The van der Waals surface area contributed by atoms with Crippen LogP contribution in [-0.4, -0.2) is 11.8 Å². The lowest BCUT2D eigenvalue weighted by Gasteiger charge is -2.20. The summed E-state index contributed by atoms with van der Waals surface area (Å²) in [6.07, 6.45) is 3.27. The molecule has 2 N–H and O–H groups in total. The van der Waals surface area contributed by atoms with Crippen LogP contribution in [0.4, 0.5) is 10.1 Å². The third kappa shape index (κ3) is 3.78. The fraction of sp³-hybridized carbons (Fsp3) is 0.231. The van der Waals surface area contributed by atoms with Crippen molar-refractivity contribution in [2.24, 2.45) is 5.92 Å². The Hall–Kier alpha value is -3.18. The smallest absolute Gasteiger partial charge is 0.252 e. The van der Waals surface area contributed by atoms with E-state index in [-0.39, 0.29) is 17.7 Å². The van der Waals surface area contributed by atoms with Crippen LogP contribution in [0.5, 0.6) is 0 Å². The Bertz CT molecular complexity index is 1200. The number of fused-ring (bicyclic) bond motifs is 2. The highest BCUT2D eigenvalue weighted by atomic mass is 35.5. The fourth-order valence-corrected chi connectivity index (χ4v) is 5.01. The molecule has 1 aliphatic heterocycles. The van der Waals surface area contributed by atoms with Gasteiger partial charge in [0, 0.05) is 33.3 Å². The second-order valence-corrected chi connectivity index (χ2v) is 8.78. The normalized spacial score (nSPS) is 17.8. The van der Waals surface area contributed by atoms with E-state index in [1.807, 2.05) is 12.1 Å². The molecule has 1 aliphatic carbocycles. The van der Waals surface area contributed by atoms with Gasteiger partial charge in [-0.2, -0.15) is 0 Å². The van der Waals surface area contributed by atoms with Crippen LogP contribution in [0.25, 0.3) is 0 Å². The number of carbonyl (C=O) groups is 2. The third-order valence-corrected chi connectivity index (χ3v) is 6.80. The second-order valence-electron chi connectivity index (χ2n) is 8.37. The zero-order valence-corrected chi connectivity index (χ0v) is 18.1. The number of hydrogen-bond donors (Lipinski definition) is 2. The van der Waals surface area contributed by atoms with Gasteiger partial charge in [0.2, 0.25) is 5.91 Å². The number of aryl methyl sites for hydroxylation is 2. The van der Waals surface area contributed by atoms with Gasteiger partial charge in [0.05, 0.1) is 6.04 Å². The summed E-state index contributed by atoms with van der Waals surface area (Å²) in [6, 6.07) is 17.0. The molecular weight excluding hydrogens is 427 g/mol. The minimum Gasteiger partial charge on any atom is -0.341 e. The van der Waals surface area contributed by atoms with Gasteiger partial charge in [-0.1, -0.05) is 41.9 Å². The largest absolute Gasteiger partial charge is 0.341 e. The van der Waals surface area contributed by atoms with Crippen LogP contribution in [0.2, 0.25) is 5.02 Å². The van der Waals surface area contributed by atoms with Gasteiger partial charge in [0.15, 0.2) is 0 Å². The highest BCUT2D eigenvalue weighted by Crippen LogP contribution is 2.39. The van der Waals surface area contributed by atoms with Crippen molar-refractivity contribution in [3.63, 3.8) is 0 Å². The number of rotatable bonds is 3. The number of carbonyl (C=O) groups excluding carboxylic acids is 2. The van der Waals surface area contributed by atoms with E-state index in [0.29, 0.717) is 27.4 Å². The Morgan fingerprint density at radius 2 is 1.72 bits per heavy atom. The summed E-state index contributed by atoms with van der Waals surface area (Å²) in [5.41, 5.74) is 4.71. The van der Waals surface area contributed by atoms with Gasteiger partial charge >= 0.3 is 0 Å². The first kappa shape index (κ1) is 20.7. The molecule has 1 atom stereocenters. The molecule has 32 heavy (non-hydrogen) atoms. The highest BCUT2D eigenvalue weighted by Gasteiger charge is 2.34. The molecule has 5 rings (SSSR count). The summed E-state index contributed by atoms with van der Waals surface area (Å²) in [4.78, 5) is 25.8. The Morgan fingerprint density at radius 3 is 2.44 bits per heavy atom. The molecule has 6 heteroatoms. The first-order chi connectivity index (χ1) is 15.5. The first-order valence-corrected chi connectivity index (χ1v) is 11.2. The van der Waals surface area contributed by atoms with Gasteiger partial charge in [-0.05, 0) is 67.1 Å². The van der Waals surface area contributed by atoms with Crippen molar-refractivity contribution < 1.29 is 14.0 Å². The number of anilines is 1. The summed E-state index contributed by atoms with van der Waals surface area (Å²) in [5.74, 6) is -0.896. The molecule has 3 aromatic carbocycles. The molecule has 0 fully saturated rings. The maximum atomic E-state index is 13.9. The lowest BCUT2D eigenvalue weighted by molar-refractivity contribution is -0.120. The summed E-state index contributed by atoms with van der Waals surface area (Å²) >= 11 is 6.33. The number of nitrogens with one attached hydrogen (secondary N) is 2. The van der Waals surface area contributed by atoms with Crippen molar-refractivity contribution in [3.8, 4) is 0 Å². The lowest BCUT2D eigenvalue weighted by atomic mass is 9.95. The van der Waals surface area contributed by atoms with Crippen molar-refractivity contribution in [2.75, 3.05) is 5.32 Å². The van der Waals surface area contributed by atoms with E-state index >= 15 is 0 Å². The minimum absolute atomic E-state index is 0.0605. The zero-order chi connectivity index (χ0) is 22.2. The average Bonchev–Trinajstić information content (AvgIpc) is 2.99. The number of benzene rings is 3. The molecular formula is C26H22ClFN2O2. The number of amides is 2. The van der Waals surface area contributed by atoms with Crippen LogP contribution < -0.4 is 10.6 Å². The summed E-state index contributed by atoms with van der Waals surface area (Å²) in [6.45, 7) is 0. The maximum Gasteiger partial charge on any atom is 0.252 e. The van der Waals surface area contributed by atoms with E-state index in [1.54, 1.807) is 18.2 Å². The molecule has 1 unspecified atom stereocenters. The third-order valence-electron chi connectivity index (χ3n) is 6.46. The first-order valence-electron chi connectivity index (χ1n) is 10.8. The predicted molar refractivity (Wildman–Crippen MR) is 122 cm³/mol. The van der Waals surface area contributed by atoms with Crippen LogP contribution in [-0.2, 0) is 17.6 Å². The molecule has 0 saturated carbocycles. The fourth-order valence-electron chi connectivity index (χ4n) is 4.78. The molecule has 0 bridgehead atoms. The van der Waals surface area contributed by atoms with Gasteiger partial charge < -0.3 is 10.6 Å². The van der Waals surface area contributed by atoms with E-state index in [4.69, 9.17) is 11.6 Å². The van der Waals surface area contributed by atoms with E-state index < -0.39 is 11.9 Å². The van der Waals surface area contributed by atoms with E-state index in [1.165, 1.54) is 29.3 Å².